The molecule has 0 saturated carbocycles. The molecule has 200 valence electrons. The van der Waals surface area contributed by atoms with Crippen LogP contribution in [0.25, 0.3) is 5.69 Å². The van der Waals surface area contributed by atoms with Crippen molar-refractivity contribution in [2.24, 2.45) is 11.1 Å². The summed E-state index contributed by atoms with van der Waals surface area (Å²) in [5.41, 5.74) is 1.44. The van der Waals surface area contributed by atoms with Crippen LogP contribution in [0, 0.1) is 11.7 Å². The molecule has 0 amide bonds. The molecule has 0 aliphatic carbocycles. The number of hydrogen-bond donors (Lipinski definition) is 1. The molecule has 2 aromatic rings. The first-order chi connectivity index (χ1) is 17.2. The highest BCUT2D eigenvalue weighted by atomic mass is 32.2. The second-order valence-electron chi connectivity index (χ2n) is 8.80. The fraction of sp³-hybridized carbons (Fsp3) is 0.500. The quantitative estimate of drug-likeness (QED) is 0.303. The molecule has 2 N–H and O–H groups in total. The van der Waals surface area contributed by atoms with Gasteiger partial charge in [0, 0.05) is 12.8 Å². The largest absolute Gasteiger partial charge is 0.248 e. The highest BCUT2D eigenvalue weighted by molar-refractivity contribution is 7.82. The van der Waals surface area contributed by atoms with Crippen molar-refractivity contribution in [3.63, 3.8) is 0 Å². The lowest BCUT2D eigenvalue weighted by Gasteiger charge is -2.07. The zero-order chi connectivity index (χ0) is 27.1. The average molecular weight is 521 g/mol. The molecule has 36 heavy (non-hydrogen) atoms. The van der Waals surface area contributed by atoms with Crippen LogP contribution in [0.5, 0.6) is 0 Å². The Morgan fingerprint density at radius 2 is 1.94 bits per heavy atom. The fourth-order valence-corrected chi connectivity index (χ4v) is 3.54. The van der Waals surface area contributed by atoms with E-state index in [0.717, 1.165) is 25.7 Å². The maximum absolute atomic E-state index is 14.7. The summed E-state index contributed by atoms with van der Waals surface area (Å²) in [7, 11) is -1.73. The van der Waals surface area contributed by atoms with Gasteiger partial charge >= 0.3 is 0 Å². The van der Waals surface area contributed by atoms with E-state index >= 15 is 0 Å². The van der Waals surface area contributed by atoms with E-state index in [4.69, 9.17) is 5.14 Å². The first-order valence-electron chi connectivity index (χ1n) is 12.7. The summed E-state index contributed by atoms with van der Waals surface area (Å²) in [5.74, 6) is 1.24. The summed E-state index contributed by atoms with van der Waals surface area (Å²) in [6.45, 7) is 12.2. The first kappa shape index (κ1) is 31.6. The van der Waals surface area contributed by atoms with Gasteiger partial charge in [0.2, 0.25) is 0 Å². The van der Waals surface area contributed by atoms with Crippen LogP contribution in [-0.4, -0.2) is 25.1 Å². The van der Waals surface area contributed by atoms with Gasteiger partial charge in [-0.3, -0.25) is 0 Å². The van der Waals surface area contributed by atoms with Gasteiger partial charge in [0.25, 0.3) is 0 Å². The second kappa shape index (κ2) is 17.1. The third kappa shape index (κ3) is 11.1. The Bertz CT molecular complexity index is 1050. The Kier molecular flexibility index (Phi) is 15.0. The van der Waals surface area contributed by atoms with Crippen LogP contribution < -0.4 is 5.14 Å². The number of benzene rings is 1. The standard InChI is InChI=1S/C22H29FN4OS.C6H13F/c1-5-16(3)10-8-7-9-11-22-25-21(14-17(4)6-2)26-27(22)20-13-12-18(29(24)28)15-19(20)23;1-3-5-6(7)4-2/h5,7-10,12-13,15,17H,6,11,14,24H2,1-4H3;6H,3-5H2,1-2H3/b9-7+,10-8-,16-5-;. The lowest BCUT2D eigenvalue weighted by molar-refractivity contribution is 0.303. The topological polar surface area (TPSA) is 73.8 Å². The third-order valence-electron chi connectivity index (χ3n) is 5.73. The lowest BCUT2D eigenvalue weighted by atomic mass is 10.1. The van der Waals surface area contributed by atoms with Gasteiger partial charge in [-0.15, -0.1) is 0 Å². The summed E-state index contributed by atoms with van der Waals surface area (Å²) in [6.07, 6.45) is 14.0. The van der Waals surface area contributed by atoms with Crippen molar-refractivity contribution in [1.82, 2.24) is 14.8 Å². The van der Waals surface area contributed by atoms with E-state index < -0.39 is 23.0 Å². The summed E-state index contributed by atoms with van der Waals surface area (Å²) < 4.78 is 39.7. The van der Waals surface area contributed by atoms with E-state index in [9.17, 15) is 13.0 Å². The maximum atomic E-state index is 14.7. The maximum Gasteiger partial charge on any atom is 0.151 e. The minimum absolute atomic E-state index is 0.233. The van der Waals surface area contributed by atoms with Crippen LogP contribution >= 0.6 is 0 Å². The molecule has 1 heterocycles. The number of nitrogens with two attached hydrogens (primary N) is 1. The molecule has 0 aliphatic heterocycles. The van der Waals surface area contributed by atoms with Gasteiger partial charge in [-0.05, 0) is 50.8 Å². The molecular weight excluding hydrogens is 478 g/mol. The fourth-order valence-electron chi connectivity index (χ4n) is 3.12. The number of alkyl halides is 1. The predicted molar refractivity (Wildman–Crippen MR) is 147 cm³/mol. The monoisotopic (exact) mass is 520 g/mol. The Balaban J connectivity index is 0.000000809. The molecule has 0 spiro atoms. The van der Waals surface area contributed by atoms with E-state index in [1.807, 2.05) is 58.1 Å². The Hall–Kier alpha value is -2.45. The van der Waals surface area contributed by atoms with Gasteiger partial charge in [0.15, 0.2) is 5.82 Å². The number of allylic oxidation sites excluding steroid dienone is 6. The molecular formula is C28H42F2N4OS. The summed E-state index contributed by atoms with van der Waals surface area (Å²) in [6, 6.07) is 4.27. The predicted octanol–water partition coefficient (Wildman–Crippen LogP) is 7.13. The van der Waals surface area contributed by atoms with Crippen molar-refractivity contribution in [2.45, 2.75) is 91.1 Å². The van der Waals surface area contributed by atoms with Crippen molar-refractivity contribution >= 4 is 11.0 Å². The van der Waals surface area contributed by atoms with Crippen LogP contribution in [0.1, 0.15) is 78.9 Å². The van der Waals surface area contributed by atoms with Gasteiger partial charge in [0.05, 0.1) is 11.1 Å². The SMILES string of the molecule is CCCC(F)CC.C\C=C(C)/C=C\C=C\Cc1nc(CC(C)CC)nn1-c1ccc(S(N)=O)cc1F. The number of rotatable bonds is 12. The van der Waals surface area contributed by atoms with Crippen LogP contribution in [0.2, 0.25) is 0 Å². The van der Waals surface area contributed by atoms with Gasteiger partial charge in [-0.1, -0.05) is 76.5 Å². The Morgan fingerprint density at radius 3 is 2.47 bits per heavy atom. The van der Waals surface area contributed by atoms with Crippen LogP contribution in [0.4, 0.5) is 8.78 Å². The van der Waals surface area contributed by atoms with Crippen molar-refractivity contribution < 1.29 is 13.0 Å². The van der Waals surface area contributed by atoms with Gasteiger partial charge in [-0.25, -0.2) is 27.8 Å². The lowest BCUT2D eigenvalue weighted by Crippen LogP contribution is -2.08. The normalized spacial score (nSPS) is 14.6. The summed E-state index contributed by atoms with van der Waals surface area (Å²) in [4.78, 5) is 4.87. The molecule has 0 aliphatic rings. The zero-order valence-corrected chi connectivity index (χ0v) is 23.3. The smallest absolute Gasteiger partial charge is 0.151 e. The van der Waals surface area contributed by atoms with Crippen molar-refractivity contribution in [3.8, 4) is 5.69 Å². The molecule has 8 heteroatoms. The van der Waals surface area contributed by atoms with Crippen molar-refractivity contribution in [1.29, 1.82) is 0 Å². The highest BCUT2D eigenvalue weighted by Crippen LogP contribution is 2.19. The van der Waals surface area contributed by atoms with E-state index in [2.05, 4.69) is 23.9 Å². The first-order valence-corrected chi connectivity index (χ1v) is 13.9. The molecule has 0 fully saturated rings. The van der Waals surface area contributed by atoms with E-state index in [1.165, 1.54) is 16.3 Å². The van der Waals surface area contributed by atoms with Crippen molar-refractivity contribution in [3.05, 3.63) is 71.6 Å². The van der Waals surface area contributed by atoms with Gasteiger partial charge < -0.3 is 0 Å². The molecule has 3 unspecified atom stereocenters. The average Bonchev–Trinajstić information content (AvgIpc) is 3.25. The Labute approximate surface area is 218 Å². The van der Waals surface area contributed by atoms with E-state index in [0.29, 0.717) is 30.4 Å². The number of halogens is 2. The zero-order valence-electron chi connectivity index (χ0n) is 22.5. The van der Waals surface area contributed by atoms with E-state index in [-0.39, 0.29) is 10.6 Å². The molecule has 1 aromatic heterocycles. The number of hydrogen-bond acceptors (Lipinski definition) is 3. The van der Waals surface area contributed by atoms with Gasteiger partial charge in [-0.2, -0.15) is 5.10 Å². The Morgan fingerprint density at radius 1 is 1.22 bits per heavy atom. The number of aromatic nitrogens is 3. The minimum Gasteiger partial charge on any atom is -0.248 e. The molecule has 1 aromatic carbocycles. The molecule has 0 bridgehead atoms. The minimum atomic E-state index is -1.73. The number of nitrogens with zero attached hydrogens (tertiary/aromatic N) is 3. The molecule has 0 radical (unpaired) electrons. The highest BCUT2D eigenvalue weighted by Gasteiger charge is 2.16. The van der Waals surface area contributed by atoms with Crippen molar-refractivity contribution in [2.75, 3.05) is 0 Å². The van der Waals surface area contributed by atoms with Crippen LogP contribution in [-0.2, 0) is 23.8 Å². The second-order valence-corrected chi connectivity index (χ2v) is 9.87. The summed E-state index contributed by atoms with van der Waals surface area (Å²) >= 11 is 0. The van der Waals surface area contributed by atoms with Gasteiger partial charge in [0.1, 0.15) is 28.3 Å². The molecule has 3 atom stereocenters. The van der Waals surface area contributed by atoms with E-state index in [1.54, 1.807) is 12.1 Å². The molecule has 2 rings (SSSR count). The third-order valence-corrected chi connectivity index (χ3v) is 6.45. The summed E-state index contributed by atoms with van der Waals surface area (Å²) in [5, 5.41) is 9.89. The molecule has 5 nitrogen and oxygen atoms in total. The molecule has 0 saturated heterocycles. The van der Waals surface area contributed by atoms with Crippen LogP contribution in [0.3, 0.4) is 0 Å². The van der Waals surface area contributed by atoms with Crippen LogP contribution in [0.15, 0.2) is 59.0 Å².